The molecule has 168 valence electrons. The van der Waals surface area contributed by atoms with Gasteiger partial charge < -0.3 is 24.5 Å². The Hall–Kier alpha value is -3.77. The van der Waals surface area contributed by atoms with Crippen LogP contribution >= 0.6 is 0 Å². The second-order valence-corrected chi connectivity index (χ2v) is 7.50. The van der Waals surface area contributed by atoms with Crippen molar-refractivity contribution in [2.24, 2.45) is 0 Å². The summed E-state index contributed by atoms with van der Waals surface area (Å²) in [6, 6.07) is 22.1. The minimum absolute atomic E-state index is 0.169. The van der Waals surface area contributed by atoms with Gasteiger partial charge in [0.25, 0.3) is 0 Å². The SMILES string of the molecule is N#Cc1cn(COC(COCc2ccccc2)COCc2ccccc2)c2ncnc(N)c12. The number of ether oxygens (including phenoxy) is 3. The number of fused-ring (bicyclic) bond motifs is 1. The van der Waals surface area contributed by atoms with Crippen LogP contribution in [0.5, 0.6) is 0 Å². The van der Waals surface area contributed by atoms with Crippen molar-refractivity contribution in [2.75, 3.05) is 18.9 Å². The van der Waals surface area contributed by atoms with Gasteiger partial charge in [-0.1, -0.05) is 60.7 Å². The van der Waals surface area contributed by atoms with E-state index in [1.165, 1.54) is 6.33 Å². The first-order chi connectivity index (χ1) is 16.2. The first kappa shape index (κ1) is 22.4. The van der Waals surface area contributed by atoms with Crippen molar-refractivity contribution in [2.45, 2.75) is 26.0 Å². The lowest BCUT2D eigenvalue weighted by Crippen LogP contribution is -2.26. The van der Waals surface area contributed by atoms with Crippen molar-refractivity contribution in [3.8, 4) is 6.07 Å². The topological polar surface area (TPSA) is 108 Å². The number of benzene rings is 2. The number of hydrogen-bond acceptors (Lipinski definition) is 7. The molecule has 33 heavy (non-hydrogen) atoms. The molecular weight excluding hydrogens is 418 g/mol. The largest absolute Gasteiger partial charge is 0.383 e. The Morgan fingerprint density at radius 1 is 0.909 bits per heavy atom. The minimum Gasteiger partial charge on any atom is -0.383 e. The van der Waals surface area contributed by atoms with Crippen LogP contribution in [0, 0.1) is 11.3 Å². The summed E-state index contributed by atoms with van der Waals surface area (Å²) in [6.45, 7) is 1.83. The van der Waals surface area contributed by atoms with Gasteiger partial charge >= 0.3 is 0 Å². The van der Waals surface area contributed by atoms with Crippen LogP contribution in [0.2, 0.25) is 0 Å². The number of hydrogen-bond donors (Lipinski definition) is 1. The highest BCUT2D eigenvalue weighted by molar-refractivity contribution is 5.91. The molecule has 4 aromatic rings. The van der Waals surface area contributed by atoms with Gasteiger partial charge in [-0.05, 0) is 11.1 Å². The molecule has 0 aliphatic rings. The Kier molecular flexibility index (Phi) is 7.61. The normalized spacial score (nSPS) is 11.2. The molecule has 8 heteroatoms. The number of nitriles is 1. The maximum absolute atomic E-state index is 9.44. The molecule has 8 nitrogen and oxygen atoms in total. The first-order valence-corrected chi connectivity index (χ1v) is 10.6. The van der Waals surface area contributed by atoms with Gasteiger partial charge in [0.05, 0.1) is 37.4 Å². The number of anilines is 1. The minimum atomic E-state index is -0.320. The standard InChI is InChI=1S/C25H25N5O3/c26-11-21-12-30(25-23(21)24(27)28-17-29-25)18-33-22(15-31-13-19-7-3-1-4-8-19)16-32-14-20-9-5-2-6-10-20/h1-10,12,17,22H,13-16,18H2,(H2,27,28,29). The Morgan fingerprint density at radius 3 is 2.09 bits per heavy atom. The van der Waals surface area contributed by atoms with Crippen molar-refractivity contribution in [3.63, 3.8) is 0 Å². The summed E-state index contributed by atoms with van der Waals surface area (Å²) >= 11 is 0. The van der Waals surface area contributed by atoms with Gasteiger partial charge in [0.1, 0.15) is 36.7 Å². The molecule has 0 radical (unpaired) electrons. The van der Waals surface area contributed by atoms with E-state index >= 15 is 0 Å². The number of aromatic nitrogens is 3. The molecule has 0 fully saturated rings. The van der Waals surface area contributed by atoms with E-state index in [9.17, 15) is 5.26 Å². The molecule has 0 bridgehead atoms. The Balaban J connectivity index is 1.40. The van der Waals surface area contributed by atoms with Crippen LogP contribution in [-0.4, -0.2) is 33.9 Å². The van der Waals surface area contributed by atoms with Crippen LogP contribution in [0.3, 0.4) is 0 Å². The highest BCUT2D eigenvalue weighted by Gasteiger charge is 2.16. The molecule has 0 spiro atoms. The summed E-state index contributed by atoms with van der Waals surface area (Å²) < 4.78 is 19.6. The zero-order chi connectivity index (χ0) is 22.9. The van der Waals surface area contributed by atoms with Gasteiger partial charge in [-0.3, -0.25) is 0 Å². The Labute approximate surface area is 192 Å². The maximum atomic E-state index is 9.44. The molecule has 2 aromatic carbocycles. The summed E-state index contributed by atoms with van der Waals surface area (Å²) in [5.74, 6) is 0.268. The van der Waals surface area contributed by atoms with E-state index in [2.05, 4.69) is 16.0 Å². The predicted molar refractivity (Wildman–Crippen MR) is 124 cm³/mol. The zero-order valence-electron chi connectivity index (χ0n) is 18.1. The van der Waals surface area contributed by atoms with E-state index < -0.39 is 0 Å². The smallest absolute Gasteiger partial charge is 0.148 e. The molecule has 0 saturated heterocycles. The summed E-state index contributed by atoms with van der Waals surface area (Å²) in [4.78, 5) is 8.25. The third-order valence-electron chi connectivity index (χ3n) is 5.08. The number of nitrogens with zero attached hydrogens (tertiary/aromatic N) is 4. The van der Waals surface area contributed by atoms with E-state index in [4.69, 9.17) is 19.9 Å². The molecular formula is C25H25N5O3. The van der Waals surface area contributed by atoms with E-state index in [0.717, 1.165) is 11.1 Å². The Bertz CT molecular complexity index is 1160. The van der Waals surface area contributed by atoms with Crippen LogP contribution in [0.4, 0.5) is 5.82 Å². The second-order valence-electron chi connectivity index (χ2n) is 7.50. The van der Waals surface area contributed by atoms with Gasteiger partial charge in [-0.15, -0.1) is 0 Å². The van der Waals surface area contributed by atoms with Crippen molar-refractivity contribution >= 4 is 16.9 Å². The highest BCUT2D eigenvalue weighted by atomic mass is 16.6. The monoisotopic (exact) mass is 443 g/mol. The van der Waals surface area contributed by atoms with Crippen molar-refractivity contribution in [3.05, 3.63) is 89.9 Å². The van der Waals surface area contributed by atoms with Crippen LogP contribution < -0.4 is 5.73 Å². The van der Waals surface area contributed by atoms with Gasteiger partial charge in [0.2, 0.25) is 0 Å². The number of rotatable bonds is 11. The van der Waals surface area contributed by atoms with Crippen LogP contribution in [0.1, 0.15) is 16.7 Å². The third-order valence-corrected chi connectivity index (χ3v) is 5.08. The predicted octanol–water partition coefficient (Wildman–Crippen LogP) is 3.66. The summed E-state index contributed by atoms with van der Waals surface area (Å²) in [6.07, 6.45) is 2.72. The van der Waals surface area contributed by atoms with Gasteiger partial charge in [-0.2, -0.15) is 5.26 Å². The van der Waals surface area contributed by atoms with E-state index in [1.54, 1.807) is 10.8 Å². The lowest BCUT2D eigenvalue weighted by Gasteiger charge is -2.19. The van der Waals surface area contributed by atoms with Crippen LogP contribution in [-0.2, 0) is 34.2 Å². The molecule has 2 heterocycles. The molecule has 0 aliphatic carbocycles. The molecule has 0 unspecified atom stereocenters. The van der Waals surface area contributed by atoms with Crippen molar-refractivity contribution in [1.29, 1.82) is 5.26 Å². The van der Waals surface area contributed by atoms with E-state index in [0.29, 0.717) is 43.0 Å². The average Bonchev–Trinajstić information content (AvgIpc) is 3.22. The fourth-order valence-electron chi connectivity index (χ4n) is 3.43. The molecule has 0 atom stereocenters. The molecule has 0 aliphatic heterocycles. The highest BCUT2D eigenvalue weighted by Crippen LogP contribution is 2.23. The lowest BCUT2D eigenvalue weighted by molar-refractivity contribution is -0.0865. The quantitative estimate of drug-likeness (QED) is 0.377. The van der Waals surface area contributed by atoms with Crippen LogP contribution in [0.25, 0.3) is 11.0 Å². The molecule has 0 saturated carbocycles. The third kappa shape index (κ3) is 5.93. The average molecular weight is 444 g/mol. The van der Waals surface area contributed by atoms with Crippen molar-refractivity contribution < 1.29 is 14.2 Å². The fourth-order valence-corrected chi connectivity index (χ4v) is 3.43. The second kappa shape index (κ2) is 11.2. The molecule has 2 aromatic heterocycles. The van der Waals surface area contributed by atoms with Gasteiger partial charge in [0, 0.05) is 6.20 Å². The number of nitrogen functional groups attached to an aromatic ring is 1. The lowest BCUT2D eigenvalue weighted by atomic mass is 10.2. The fraction of sp³-hybridized carbons (Fsp3) is 0.240. The molecule has 0 amide bonds. The number of nitrogens with two attached hydrogens (primary N) is 1. The first-order valence-electron chi connectivity index (χ1n) is 10.6. The zero-order valence-corrected chi connectivity index (χ0v) is 18.1. The maximum Gasteiger partial charge on any atom is 0.148 e. The van der Waals surface area contributed by atoms with Gasteiger partial charge in [-0.25, -0.2) is 9.97 Å². The van der Waals surface area contributed by atoms with Crippen LogP contribution in [0.15, 0.2) is 73.2 Å². The summed E-state index contributed by atoms with van der Waals surface area (Å²) in [5.41, 5.74) is 9.08. The molecule has 2 N–H and O–H groups in total. The summed E-state index contributed by atoms with van der Waals surface area (Å²) in [5, 5.41) is 9.97. The van der Waals surface area contributed by atoms with E-state index in [-0.39, 0.29) is 18.7 Å². The van der Waals surface area contributed by atoms with E-state index in [1.807, 2.05) is 60.7 Å². The van der Waals surface area contributed by atoms with Gasteiger partial charge in [0.15, 0.2) is 0 Å². The van der Waals surface area contributed by atoms with Crippen molar-refractivity contribution in [1.82, 2.24) is 14.5 Å². The molecule has 4 rings (SSSR count). The summed E-state index contributed by atoms with van der Waals surface area (Å²) in [7, 11) is 0. The Morgan fingerprint density at radius 2 is 1.52 bits per heavy atom.